The van der Waals surface area contributed by atoms with Gasteiger partial charge >= 0.3 is 0 Å². The molecule has 52 heavy (non-hydrogen) atoms. The van der Waals surface area contributed by atoms with Crippen molar-refractivity contribution in [3.8, 4) is 16.9 Å². The van der Waals surface area contributed by atoms with Crippen LogP contribution >= 0.6 is 0 Å². The Balaban J connectivity index is 1.98. The van der Waals surface area contributed by atoms with Gasteiger partial charge in [-0.1, -0.05) is 30.3 Å². The number of phenols is 1. The molecule has 2 aromatic carbocycles. The molecule has 0 fully saturated rings. The van der Waals surface area contributed by atoms with Gasteiger partial charge in [0.25, 0.3) is 0 Å². The minimum Gasteiger partial charge on any atom is -0.508 e. The second-order valence-corrected chi connectivity index (χ2v) is 12.7. The third-order valence-corrected chi connectivity index (χ3v) is 8.60. The maximum absolute atomic E-state index is 14.1. The number of primary amides is 1. The number of benzene rings is 2. The molecule has 0 unspecified atom stereocenters. The Bertz CT molecular complexity index is 1570. The maximum atomic E-state index is 14.1. The molecule has 4 bridgehead atoms. The number of carbonyl (C=O) groups excluding carboxylic acids is 6. The van der Waals surface area contributed by atoms with E-state index in [4.69, 9.17) is 28.7 Å². The molecular weight excluding hydrogens is 672 g/mol. The number of hydrogen-bond acceptors (Lipinski definition) is 11. The van der Waals surface area contributed by atoms with Gasteiger partial charge in [0, 0.05) is 32.4 Å². The van der Waals surface area contributed by atoms with Gasteiger partial charge in [-0.25, -0.2) is 0 Å². The van der Waals surface area contributed by atoms with E-state index in [1.165, 1.54) is 6.07 Å². The summed E-state index contributed by atoms with van der Waals surface area (Å²) in [5.74, 6) is -4.03. The smallest absolute Gasteiger partial charge is 0.243 e. The Morgan fingerprint density at radius 3 is 2.23 bits per heavy atom. The van der Waals surface area contributed by atoms with Gasteiger partial charge in [-0.05, 0) is 79.6 Å². The van der Waals surface area contributed by atoms with E-state index >= 15 is 0 Å². The van der Waals surface area contributed by atoms with Gasteiger partial charge in [0.2, 0.25) is 35.4 Å². The van der Waals surface area contributed by atoms with Gasteiger partial charge in [-0.15, -0.1) is 0 Å². The molecular formula is C35H52N10O7. The minimum atomic E-state index is -1.24. The highest BCUT2D eigenvalue weighted by atomic mass is 16.3. The number of carbonyl (C=O) groups is 6. The van der Waals surface area contributed by atoms with Crippen LogP contribution in [0.25, 0.3) is 11.1 Å². The number of phenolic OH excluding ortho intramolecular Hbond substituents is 1. The largest absolute Gasteiger partial charge is 0.508 e. The van der Waals surface area contributed by atoms with Gasteiger partial charge in [-0.2, -0.15) is 0 Å². The predicted molar refractivity (Wildman–Crippen MR) is 194 cm³/mol. The van der Waals surface area contributed by atoms with Crippen molar-refractivity contribution in [3.05, 3.63) is 53.6 Å². The number of aromatic hydroxyl groups is 1. The molecule has 0 aliphatic carbocycles. The van der Waals surface area contributed by atoms with Crippen LogP contribution in [0.15, 0.2) is 42.5 Å². The van der Waals surface area contributed by atoms with Crippen LogP contribution in [0.5, 0.6) is 5.75 Å². The van der Waals surface area contributed by atoms with Crippen LogP contribution in [0, 0.1) is 0 Å². The van der Waals surface area contributed by atoms with Crippen molar-refractivity contribution >= 4 is 35.4 Å². The zero-order valence-corrected chi connectivity index (χ0v) is 29.2. The molecule has 1 aliphatic heterocycles. The molecule has 1 aliphatic rings. The second-order valence-electron chi connectivity index (χ2n) is 12.7. The molecule has 17 nitrogen and oxygen atoms in total. The van der Waals surface area contributed by atoms with Gasteiger partial charge in [0.1, 0.15) is 29.9 Å². The molecule has 0 spiro atoms. The number of nitrogens with one attached hydrogen (secondary N) is 5. The Kier molecular flexibility index (Phi) is 16.4. The number of amides is 6. The molecule has 0 radical (unpaired) electrons. The Morgan fingerprint density at radius 2 is 1.54 bits per heavy atom. The van der Waals surface area contributed by atoms with Crippen LogP contribution in [-0.2, 0) is 41.6 Å². The summed E-state index contributed by atoms with van der Waals surface area (Å²) in [6.07, 6.45) is 0.627. The highest BCUT2D eigenvalue weighted by molar-refractivity contribution is 5.96. The van der Waals surface area contributed by atoms with Crippen LogP contribution in [0.4, 0.5) is 0 Å². The Labute approximate surface area is 302 Å². The van der Waals surface area contributed by atoms with E-state index in [9.17, 15) is 33.9 Å². The van der Waals surface area contributed by atoms with Gasteiger partial charge in [0.05, 0.1) is 6.04 Å². The quantitative estimate of drug-likeness (QED) is 0.0843. The number of rotatable bonds is 16. The summed E-state index contributed by atoms with van der Waals surface area (Å²) in [4.78, 5) is 78.9. The summed E-state index contributed by atoms with van der Waals surface area (Å²) in [5, 5.41) is 23.8. The first-order valence-corrected chi connectivity index (χ1v) is 17.4. The lowest BCUT2D eigenvalue weighted by atomic mass is 9.96. The monoisotopic (exact) mass is 724 g/mol. The zero-order chi connectivity index (χ0) is 38.2. The molecule has 6 amide bonds. The Hall–Kier alpha value is -5.10. The first-order valence-electron chi connectivity index (χ1n) is 17.4. The molecule has 1 heterocycles. The normalized spacial score (nSPS) is 18.7. The standard InChI is InChI=1S/C35H52N10O7/c36-12-2-6-25-34(51)45-28(17-20-4-1-5-21(16-20)22-8-10-29(46)23(18-22)19-24(39)31(48)42-25)35(52)43-26(7-3-13-37)33(50)44-27(9-11-30(40)47)32(49)41-15-14-38/h1,4-5,8,10,16,18,24-28,46H,2-3,6-7,9,11-15,17,19,36-39H2,(H2,40,47)(H,41,49)(H,42,48)(H,43,52)(H,44,50)(H,45,51)/t24-,25-,26+,27+,28-/m0/s1. The summed E-state index contributed by atoms with van der Waals surface area (Å²) in [6.45, 7) is 0.696. The van der Waals surface area contributed by atoms with Crippen molar-refractivity contribution in [3.63, 3.8) is 0 Å². The molecule has 16 N–H and O–H groups in total. The van der Waals surface area contributed by atoms with Crippen molar-refractivity contribution in [1.82, 2.24) is 26.6 Å². The van der Waals surface area contributed by atoms with E-state index in [1.807, 2.05) is 12.1 Å². The molecule has 5 atom stereocenters. The first-order chi connectivity index (χ1) is 24.9. The van der Waals surface area contributed by atoms with Gasteiger partial charge in [0.15, 0.2) is 0 Å². The van der Waals surface area contributed by atoms with Crippen LogP contribution in [-0.4, -0.2) is 96.9 Å². The van der Waals surface area contributed by atoms with Crippen molar-refractivity contribution in [2.75, 3.05) is 26.2 Å². The number of hydrogen-bond donors (Lipinski definition) is 11. The summed E-state index contributed by atoms with van der Waals surface area (Å²) >= 11 is 0. The van der Waals surface area contributed by atoms with Crippen LogP contribution < -0.4 is 55.3 Å². The average Bonchev–Trinajstić information content (AvgIpc) is 3.12. The van der Waals surface area contributed by atoms with Gasteiger partial charge < -0.3 is 60.4 Å². The molecule has 284 valence electrons. The summed E-state index contributed by atoms with van der Waals surface area (Å²) in [7, 11) is 0. The minimum absolute atomic E-state index is 0.00816. The third-order valence-electron chi connectivity index (χ3n) is 8.60. The van der Waals surface area contributed by atoms with E-state index in [0.717, 1.165) is 11.1 Å². The van der Waals surface area contributed by atoms with Crippen LogP contribution in [0.3, 0.4) is 0 Å². The summed E-state index contributed by atoms with van der Waals surface area (Å²) in [5.41, 5.74) is 31.0. The first kappa shape index (κ1) is 41.3. The lowest BCUT2D eigenvalue weighted by Crippen LogP contribution is -2.59. The number of nitrogens with two attached hydrogens (primary N) is 5. The molecule has 0 saturated heterocycles. The predicted octanol–water partition coefficient (Wildman–Crippen LogP) is -2.76. The van der Waals surface area contributed by atoms with E-state index in [-0.39, 0.29) is 70.5 Å². The van der Waals surface area contributed by atoms with Crippen molar-refractivity contribution in [2.24, 2.45) is 28.7 Å². The van der Waals surface area contributed by atoms with Gasteiger partial charge in [-0.3, -0.25) is 28.8 Å². The molecule has 2 aromatic rings. The van der Waals surface area contributed by atoms with E-state index < -0.39 is 65.7 Å². The Morgan fingerprint density at radius 1 is 0.827 bits per heavy atom. The fraction of sp³-hybridized carbons (Fsp3) is 0.486. The average molecular weight is 725 g/mol. The lowest BCUT2D eigenvalue weighted by Gasteiger charge is -2.27. The lowest BCUT2D eigenvalue weighted by molar-refractivity contribution is -0.135. The molecule has 0 aromatic heterocycles. The number of fused-ring (bicyclic) bond motifs is 5. The van der Waals surface area contributed by atoms with E-state index in [0.29, 0.717) is 24.0 Å². The van der Waals surface area contributed by atoms with Crippen molar-refractivity contribution < 1.29 is 33.9 Å². The van der Waals surface area contributed by atoms with Crippen molar-refractivity contribution in [1.29, 1.82) is 0 Å². The zero-order valence-electron chi connectivity index (χ0n) is 29.2. The van der Waals surface area contributed by atoms with E-state index in [1.54, 1.807) is 24.3 Å². The second kappa shape index (κ2) is 20.7. The highest BCUT2D eigenvalue weighted by Gasteiger charge is 2.32. The van der Waals surface area contributed by atoms with Crippen LogP contribution in [0.2, 0.25) is 0 Å². The highest BCUT2D eigenvalue weighted by Crippen LogP contribution is 2.28. The summed E-state index contributed by atoms with van der Waals surface area (Å²) in [6, 6.07) is 6.40. The van der Waals surface area contributed by atoms with E-state index in [2.05, 4.69) is 26.6 Å². The fourth-order valence-corrected chi connectivity index (χ4v) is 5.73. The van der Waals surface area contributed by atoms with Crippen LogP contribution in [0.1, 0.15) is 49.7 Å². The molecule has 0 saturated carbocycles. The molecule has 3 rings (SSSR count). The molecule has 17 heteroatoms. The topological polar surface area (TPSA) is 313 Å². The fourth-order valence-electron chi connectivity index (χ4n) is 5.73. The third kappa shape index (κ3) is 12.6. The SMILES string of the molecule is NCCC[C@@H]1NC(=O)[C@@H](N)Cc2cc(ccc2O)-c2cccc(c2)C[C@@H](C(=O)N[C@H](CCCN)C(=O)N[C@H](CCC(N)=O)C(=O)NCCN)NC1=O. The summed E-state index contributed by atoms with van der Waals surface area (Å²) < 4.78 is 0. The maximum Gasteiger partial charge on any atom is 0.243 e. The van der Waals surface area contributed by atoms with Crippen molar-refractivity contribution in [2.45, 2.75) is 81.6 Å².